The molecule has 2 aromatic rings. The van der Waals surface area contributed by atoms with Crippen molar-refractivity contribution in [2.45, 2.75) is 19.4 Å². The van der Waals surface area contributed by atoms with E-state index in [0.717, 1.165) is 29.8 Å². The van der Waals surface area contributed by atoms with Crippen LogP contribution >= 0.6 is 0 Å². The maximum atomic E-state index is 12.4. The van der Waals surface area contributed by atoms with Crippen molar-refractivity contribution in [3.05, 3.63) is 48.0 Å². The third kappa shape index (κ3) is 2.52. The Morgan fingerprint density at radius 1 is 1.50 bits per heavy atom. The number of hydrogen-bond donors (Lipinski definition) is 1. The molecule has 1 N–H and O–H groups in total. The first-order valence-corrected chi connectivity index (χ1v) is 6.73. The molecule has 1 amide bonds. The third-order valence-corrected chi connectivity index (χ3v) is 3.55. The number of aromatic nitrogens is 2. The van der Waals surface area contributed by atoms with Gasteiger partial charge in [0.05, 0.1) is 18.3 Å². The van der Waals surface area contributed by atoms with Gasteiger partial charge in [0.15, 0.2) is 0 Å². The van der Waals surface area contributed by atoms with Gasteiger partial charge in [-0.1, -0.05) is 0 Å². The Bertz CT molecular complexity index is 594. The molecule has 3 rings (SSSR count). The van der Waals surface area contributed by atoms with Crippen LogP contribution in [0.5, 0.6) is 5.75 Å². The number of ether oxygens (including phenoxy) is 1. The first-order valence-electron chi connectivity index (χ1n) is 6.73. The van der Waals surface area contributed by atoms with Crippen LogP contribution in [0.2, 0.25) is 0 Å². The molecule has 104 valence electrons. The average Bonchev–Trinajstić information content (AvgIpc) is 3.08. The molecule has 0 radical (unpaired) electrons. The number of likely N-dealkylation sites (tertiary alicyclic amines) is 1. The van der Waals surface area contributed by atoms with Crippen molar-refractivity contribution in [3.8, 4) is 5.75 Å². The van der Waals surface area contributed by atoms with Crippen LogP contribution in [0.3, 0.4) is 0 Å². The Hall–Kier alpha value is -2.30. The molecule has 1 aliphatic heterocycles. The molecule has 0 aliphatic carbocycles. The van der Waals surface area contributed by atoms with Crippen molar-refractivity contribution in [2.75, 3.05) is 13.1 Å². The number of nitrogens with one attached hydrogen (secondary N) is 1. The van der Waals surface area contributed by atoms with Crippen LogP contribution in [0.1, 0.15) is 22.3 Å². The van der Waals surface area contributed by atoms with Gasteiger partial charge < -0.3 is 14.6 Å². The maximum Gasteiger partial charge on any atom is 0.255 e. The minimum atomic E-state index is 0.0439. The number of nitrogens with zero attached hydrogens (tertiary/aromatic N) is 2. The summed E-state index contributed by atoms with van der Waals surface area (Å²) >= 11 is 0. The summed E-state index contributed by atoms with van der Waals surface area (Å²) in [7, 11) is 0. The molecule has 1 atom stereocenters. The van der Waals surface area contributed by atoms with E-state index in [0.29, 0.717) is 6.54 Å². The van der Waals surface area contributed by atoms with Gasteiger partial charge in [0.1, 0.15) is 11.9 Å². The van der Waals surface area contributed by atoms with E-state index >= 15 is 0 Å². The largest absolute Gasteiger partial charge is 0.487 e. The highest BCUT2D eigenvalue weighted by atomic mass is 16.5. The van der Waals surface area contributed by atoms with Crippen molar-refractivity contribution in [3.63, 3.8) is 0 Å². The molecule has 2 aromatic heterocycles. The Morgan fingerprint density at radius 3 is 3.10 bits per heavy atom. The summed E-state index contributed by atoms with van der Waals surface area (Å²) in [6.07, 6.45) is 7.90. The monoisotopic (exact) mass is 271 g/mol. The van der Waals surface area contributed by atoms with Gasteiger partial charge in [0.25, 0.3) is 5.91 Å². The standard InChI is InChI=1S/C15H17N3O2/c1-11-7-17-9-14(11)15(19)18-6-4-13(10-18)20-12-3-2-5-16-8-12/h2-3,5,7-9,13,17H,4,6,10H2,1H3/t13-/m0/s1. The molecule has 0 bridgehead atoms. The number of hydrogen-bond acceptors (Lipinski definition) is 3. The normalized spacial score (nSPS) is 18.2. The molecule has 0 saturated carbocycles. The van der Waals surface area contributed by atoms with Gasteiger partial charge in [-0.15, -0.1) is 0 Å². The Balaban J connectivity index is 1.62. The number of aromatic amines is 1. The van der Waals surface area contributed by atoms with Crippen molar-refractivity contribution < 1.29 is 9.53 Å². The zero-order valence-corrected chi connectivity index (χ0v) is 11.4. The summed E-state index contributed by atoms with van der Waals surface area (Å²) in [5, 5.41) is 0. The van der Waals surface area contributed by atoms with Crippen LogP contribution in [-0.4, -0.2) is 40.0 Å². The highest BCUT2D eigenvalue weighted by Crippen LogP contribution is 2.20. The van der Waals surface area contributed by atoms with Gasteiger partial charge in [-0.05, 0) is 24.6 Å². The number of amides is 1. The van der Waals surface area contributed by atoms with Crippen LogP contribution < -0.4 is 4.74 Å². The fraction of sp³-hybridized carbons (Fsp3) is 0.333. The second-order valence-corrected chi connectivity index (χ2v) is 5.02. The molecule has 0 unspecified atom stereocenters. The second-order valence-electron chi connectivity index (χ2n) is 5.02. The number of aryl methyl sites for hydroxylation is 1. The summed E-state index contributed by atoms with van der Waals surface area (Å²) < 4.78 is 5.84. The molecular weight excluding hydrogens is 254 g/mol. The first-order chi connectivity index (χ1) is 9.74. The number of pyridine rings is 1. The number of carbonyl (C=O) groups is 1. The van der Waals surface area contributed by atoms with E-state index in [1.165, 1.54) is 0 Å². The summed E-state index contributed by atoms with van der Waals surface area (Å²) in [6.45, 7) is 3.29. The third-order valence-electron chi connectivity index (χ3n) is 3.55. The second kappa shape index (κ2) is 5.36. The van der Waals surface area contributed by atoms with Crippen molar-refractivity contribution in [2.24, 2.45) is 0 Å². The highest BCUT2D eigenvalue weighted by Gasteiger charge is 2.29. The van der Waals surface area contributed by atoms with Crippen LogP contribution in [-0.2, 0) is 0 Å². The van der Waals surface area contributed by atoms with Gasteiger partial charge >= 0.3 is 0 Å². The Labute approximate surface area is 117 Å². The number of rotatable bonds is 3. The van der Waals surface area contributed by atoms with E-state index < -0.39 is 0 Å². The van der Waals surface area contributed by atoms with Crippen LogP contribution in [0.15, 0.2) is 36.9 Å². The van der Waals surface area contributed by atoms with Crippen molar-refractivity contribution >= 4 is 5.91 Å². The van der Waals surface area contributed by atoms with Crippen LogP contribution in [0.25, 0.3) is 0 Å². The zero-order chi connectivity index (χ0) is 13.9. The Morgan fingerprint density at radius 2 is 2.40 bits per heavy atom. The molecule has 5 nitrogen and oxygen atoms in total. The molecule has 1 fully saturated rings. The van der Waals surface area contributed by atoms with E-state index in [2.05, 4.69) is 9.97 Å². The fourth-order valence-corrected chi connectivity index (χ4v) is 2.46. The minimum absolute atomic E-state index is 0.0439. The molecule has 3 heterocycles. The predicted octanol–water partition coefficient (Wildman–Crippen LogP) is 2.01. The molecule has 0 spiro atoms. The van der Waals surface area contributed by atoms with E-state index in [1.807, 2.05) is 30.2 Å². The zero-order valence-electron chi connectivity index (χ0n) is 11.4. The molecule has 1 aliphatic rings. The van der Waals surface area contributed by atoms with Gasteiger partial charge in [0.2, 0.25) is 0 Å². The molecule has 20 heavy (non-hydrogen) atoms. The summed E-state index contributed by atoms with van der Waals surface area (Å²) in [4.78, 5) is 21.2. The first kappa shape index (κ1) is 12.7. The van der Waals surface area contributed by atoms with Crippen LogP contribution in [0.4, 0.5) is 0 Å². The lowest BCUT2D eigenvalue weighted by atomic mass is 10.2. The van der Waals surface area contributed by atoms with Crippen molar-refractivity contribution in [1.29, 1.82) is 0 Å². The quantitative estimate of drug-likeness (QED) is 0.929. The maximum absolute atomic E-state index is 12.4. The fourth-order valence-electron chi connectivity index (χ4n) is 2.46. The smallest absolute Gasteiger partial charge is 0.255 e. The SMILES string of the molecule is Cc1c[nH]cc1C(=O)N1CC[C@H](Oc2cccnc2)C1. The summed E-state index contributed by atoms with van der Waals surface area (Å²) in [5.74, 6) is 0.825. The average molecular weight is 271 g/mol. The van der Waals surface area contributed by atoms with E-state index in [9.17, 15) is 4.79 Å². The molecule has 5 heteroatoms. The van der Waals surface area contributed by atoms with Gasteiger partial charge in [-0.2, -0.15) is 0 Å². The van der Waals surface area contributed by atoms with E-state index in [-0.39, 0.29) is 12.0 Å². The summed E-state index contributed by atoms with van der Waals surface area (Å²) in [6, 6.07) is 3.73. The summed E-state index contributed by atoms with van der Waals surface area (Å²) in [5.41, 5.74) is 1.72. The van der Waals surface area contributed by atoms with Gasteiger partial charge in [0, 0.05) is 31.6 Å². The molecule has 0 aromatic carbocycles. The van der Waals surface area contributed by atoms with Crippen molar-refractivity contribution in [1.82, 2.24) is 14.9 Å². The van der Waals surface area contributed by atoms with Gasteiger partial charge in [-0.3, -0.25) is 9.78 Å². The lowest BCUT2D eigenvalue weighted by Gasteiger charge is -2.17. The topological polar surface area (TPSA) is 58.2 Å². The molecular formula is C15H17N3O2. The Kier molecular flexibility index (Phi) is 3.41. The molecule has 1 saturated heterocycles. The van der Waals surface area contributed by atoms with E-state index in [1.54, 1.807) is 18.6 Å². The number of H-pyrrole nitrogens is 1. The van der Waals surface area contributed by atoms with Gasteiger partial charge in [-0.25, -0.2) is 0 Å². The lowest BCUT2D eigenvalue weighted by Crippen LogP contribution is -2.31. The highest BCUT2D eigenvalue weighted by molar-refractivity contribution is 5.95. The number of carbonyl (C=O) groups excluding carboxylic acids is 1. The van der Waals surface area contributed by atoms with Crippen LogP contribution in [0, 0.1) is 6.92 Å². The minimum Gasteiger partial charge on any atom is -0.487 e. The van der Waals surface area contributed by atoms with E-state index in [4.69, 9.17) is 4.74 Å². The predicted molar refractivity (Wildman–Crippen MR) is 74.7 cm³/mol. The lowest BCUT2D eigenvalue weighted by molar-refractivity contribution is 0.0772.